The summed E-state index contributed by atoms with van der Waals surface area (Å²) in [5.74, 6) is 0.0982. The largest absolute Gasteiger partial charge is 0.482 e. The second kappa shape index (κ2) is 5.97. The molecule has 0 aliphatic carbocycles. The van der Waals surface area contributed by atoms with Crippen molar-refractivity contribution in [1.29, 1.82) is 0 Å². The summed E-state index contributed by atoms with van der Waals surface area (Å²) in [6.07, 6.45) is 0.628. The van der Waals surface area contributed by atoms with E-state index in [1.807, 2.05) is 31.2 Å². The summed E-state index contributed by atoms with van der Waals surface area (Å²) in [5.41, 5.74) is 2.19. The Morgan fingerprint density at radius 3 is 2.70 bits per heavy atom. The normalized spacial score (nSPS) is 10.1. The van der Waals surface area contributed by atoms with Crippen LogP contribution in [-0.4, -0.2) is 11.2 Å². The summed E-state index contributed by atoms with van der Waals surface area (Å²) in [7, 11) is 0. The van der Waals surface area contributed by atoms with Crippen LogP contribution in [0, 0.1) is 17.0 Å². The molecule has 2 aromatic rings. The summed E-state index contributed by atoms with van der Waals surface area (Å²) >= 11 is 0. The fraction of sp³-hybridized carbons (Fsp3) is 0.133. The van der Waals surface area contributed by atoms with Gasteiger partial charge in [0.05, 0.1) is 4.92 Å². The number of benzene rings is 2. The Kier molecular flexibility index (Phi) is 4.10. The lowest BCUT2D eigenvalue weighted by Gasteiger charge is -2.08. The standard InChI is InChI=1S/C15H13NO4/c1-11-3-2-4-13(7-11)10-20-15-8-12(9-17)5-6-14(15)16(18)19/h2-9H,10H2,1H3. The molecule has 0 radical (unpaired) electrons. The second-order valence-corrected chi connectivity index (χ2v) is 4.38. The first-order valence-electron chi connectivity index (χ1n) is 6.02. The third-order valence-corrected chi connectivity index (χ3v) is 2.79. The number of ether oxygens (including phenoxy) is 1. The lowest BCUT2D eigenvalue weighted by molar-refractivity contribution is -0.385. The average Bonchev–Trinajstić information content (AvgIpc) is 2.44. The molecular weight excluding hydrogens is 258 g/mol. The van der Waals surface area contributed by atoms with Crippen molar-refractivity contribution in [3.05, 3.63) is 69.3 Å². The van der Waals surface area contributed by atoms with Crippen LogP contribution in [0.15, 0.2) is 42.5 Å². The van der Waals surface area contributed by atoms with Gasteiger partial charge in [-0.2, -0.15) is 0 Å². The van der Waals surface area contributed by atoms with Gasteiger partial charge >= 0.3 is 5.69 Å². The summed E-state index contributed by atoms with van der Waals surface area (Å²) < 4.78 is 5.48. The molecule has 5 heteroatoms. The number of rotatable bonds is 5. The van der Waals surface area contributed by atoms with E-state index in [0.717, 1.165) is 11.1 Å². The number of carbonyl (C=O) groups is 1. The van der Waals surface area contributed by atoms with Crippen molar-refractivity contribution >= 4 is 12.0 Å². The van der Waals surface area contributed by atoms with Gasteiger partial charge in [0.1, 0.15) is 12.9 Å². The highest BCUT2D eigenvalue weighted by molar-refractivity contribution is 5.76. The van der Waals surface area contributed by atoms with Crippen LogP contribution >= 0.6 is 0 Å². The molecule has 0 amide bonds. The fourth-order valence-corrected chi connectivity index (χ4v) is 1.83. The molecule has 2 rings (SSSR count). The number of nitro benzene ring substituents is 1. The van der Waals surface area contributed by atoms with Crippen LogP contribution in [0.4, 0.5) is 5.69 Å². The molecule has 0 N–H and O–H groups in total. The molecule has 0 bridgehead atoms. The number of carbonyl (C=O) groups excluding carboxylic acids is 1. The number of nitro groups is 1. The zero-order valence-electron chi connectivity index (χ0n) is 10.9. The van der Waals surface area contributed by atoms with Crippen LogP contribution in [-0.2, 0) is 6.61 Å². The van der Waals surface area contributed by atoms with Gasteiger partial charge in [-0.15, -0.1) is 0 Å². The molecule has 0 aliphatic rings. The molecule has 5 nitrogen and oxygen atoms in total. The molecule has 0 unspecified atom stereocenters. The van der Waals surface area contributed by atoms with Gasteiger partial charge in [0.2, 0.25) is 0 Å². The van der Waals surface area contributed by atoms with Gasteiger partial charge in [-0.3, -0.25) is 14.9 Å². The van der Waals surface area contributed by atoms with Crippen LogP contribution < -0.4 is 4.74 Å². The maximum Gasteiger partial charge on any atom is 0.310 e. The number of hydrogen-bond donors (Lipinski definition) is 0. The molecule has 0 saturated heterocycles. The molecule has 0 heterocycles. The third-order valence-electron chi connectivity index (χ3n) is 2.79. The minimum absolute atomic E-state index is 0.0982. The first-order valence-corrected chi connectivity index (χ1v) is 6.02. The van der Waals surface area contributed by atoms with Crippen molar-refractivity contribution in [3.63, 3.8) is 0 Å². The molecule has 102 valence electrons. The van der Waals surface area contributed by atoms with Gasteiger partial charge in [-0.1, -0.05) is 29.8 Å². The van der Waals surface area contributed by atoms with Crippen LogP contribution in [0.5, 0.6) is 5.75 Å². The summed E-state index contributed by atoms with van der Waals surface area (Å²) in [5, 5.41) is 10.9. The van der Waals surface area contributed by atoms with E-state index in [4.69, 9.17) is 4.74 Å². The molecular formula is C15H13NO4. The smallest absolute Gasteiger partial charge is 0.310 e. The van der Waals surface area contributed by atoms with Crippen LogP contribution in [0.25, 0.3) is 0 Å². The zero-order valence-corrected chi connectivity index (χ0v) is 10.9. The van der Waals surface area contributed by atoms with Gasteiger partial charge in [0.25, 0.3) is 0 Å². The molecule has 0 fully saturated rings. The Bertz CT molecular complexity index is 652. The maximum absolute atomic E-state index is 10.9. The molecule has 0 spiro atoms. The lowest BCUT2D eigenvalue weighted by Crippen LogP contribution is -2.00. The van der Waals surface area contributed by atoms with Crippen LogP contribution in [0.2, 0.25) is 0 Å². The molecule has 0 atom stereocenters. The van der Waals surface area contributed by atoms with Gasteiger partial charge in [-0.25, -0.2) is 0 Å². The molecule has 0 aromatic heterocycles. The number of aldehydes is 1. The van der Waals surface area contributed by atoms with E-state index in [0.29, 0.717) is 11.8 Å². The van der Waals surface area contributed by atoms with E-state index in [1.54, 1.807) is 0 Å². The fourth-order valence-electron chi connectivity index (χ4n) is 1.83. The Balaban J connectivity index is 2.23. The number of nitrogens with zero attached hydrogens (tertiary/aromatic N) is 1. The summed E-state index contributed by atoms with van der Waals surface area (Å²) in [6.45, 7) is 2.17. The van der Waals surface area contributed by atoms with Crippen molar-refractivity contribution in [2.45, 2.75) is 13.5 Å². The van der Waals surface area contributed by atoms with E-state index in [2.05, 4.69) is 0 Å². The first kappa shape index (κ1) is 13.7. The van der Waals surface area contributed by atoms with Crippen molar-refractivity contribution in [1.82, 2.24) is 0 Å². The Hall–Kier alpha value is -2.69. The Morgan fingerprint density at radius 1 is 1.25 bits per heavy atom. The quantitative estimate of drug-likeness (QED) is 0.475. The predicted octanol–water partition coefficient (Wildman–Crippen LogP) is 3.29. The van der Waals surface area contributed by atoms with Gasteiger partial charge in [0.15, 0.2) is 5.75 Å². The van der Waals surface area contributed by atoms with Crippen LogP contribution in [0.3, 0.4) is 0 Å². The maximum atomic E-state index is 10.9. The highest BCUT2D eigenvalue weighted by Crippen LogP contribution is 2.28. The average molecular weight is 271 g/mol. The SMILES string of the molecule is Cc1cccc(COc2cc(C=O)ccc2[N+](=O)[O-])c1. The Morgan fingerprint density at radius 2 is 2.05 bits per heavy atom. The molecule has 2 aromatic carbocycles. The van der Waals surface area contributed by atoms with E-state index in [1.165, 1.54) is 18.2 Å². The van der Waals surface area contributed by atoms with Crippen molar-refractivity contribution in [2.24, 2.45) is 0 Å². The molecule has 0 saturated carbocycles. The number of hydrogen-bond acceptors (Lipinski definition) is 4. The molecule has 20 heavy (non-hydrogen) atoms. The number of aryl methyl sites for hydroxylation is 1. The zero-order chi connectivity index (χ0) is 14.5. The van der Waals surface area contributed by atoms with Crippen molar-refractivity contribution in [3.8, 4) is 5.75 Å². The summed E-state index contributed by atoms with van der Waals surface area (Å²) in [4.78, 5) is 21.1. The van der Waals surface area contributed by atoms with E-state index in [9.17, 15) is 14.9 Å². The van der Waals surface area contributed by atoms with E-state index < -0.39 is 4.92 Å². The second-order valence-electron chi connectivity index (χ2n) is 4.38. The predicted molar refractivity (Wildman–Crippen MR) is 74.0 cm³/mol. The minimum Gasteiger partial charge on any atom is -0.482 e. The van der Waals surface area contributed by atoms with Crippen LogP contribution in [0.1, 0.15) is 21.5 Å². The van der Waals surface area contributed by atoms with Crippen molar-refractivity contribution in [2.75, 3.05) is 0 Å². The summed E-state index contributed by atoms with van der Waals surface area (Å²) in [6, 6.07) is 11.7. The highest BCUT2D eigenvalue weighted by atomic mass is 16.6. The van der Waals surface area contributed by atoms with E-state index in [-0.39, 0.29) is 18.0 Å². The van der Waals surface area contributed by atoms with Crippen molar-refractivity contribution < 1.29 is 14.5 Å². The lowest BCUT2D eigenvalue weighted by atomic mass is 10.1. The topological polar surface area (TPSA) is 69.4 Å². The third kappa shape index (κ3) is 3.20. The van der Waals surface area contributed by atoms with Gasteiger partial charge in [-0.05, 0) is 24.6 Å². The minimum atomic E-state index is -0.528. The molecule has 0 aliphatic heterocycles. The van der Waals surface area contributed by atoms with Gasteiger partial charge < -0.3 is 4.74 Å². The monoisotopic (exact) mass is 271 g/mol. The first-order chi connectivity index (χ1) is 9.60. The Labute approximate surface area is 116 Å². The van der Waals surface area contributed by atoms with Gasteiger partial charge in [0, 0.05) is 11.6 Å². The van der Waals surface area contributed by atoms with E-state index >= 15 is 0 Å². The highest BCUT2D eigenvalue weighted by Gasteiger charge is 2.15.